The third-order valence-electron chi connectivity index (χ3n) is 10.8. The van der Waals surface area contributed by atoms with E-state index in [1.807, 2.05) is 26.0 Å². The average molecular weight is 897 g/mol. The average Bonchev–Trinajstić information content (AvgIpc) is 3.25. The molecular weight excluding hydrogens is 813 g/mol. The van der Waals surface area contributed by atoms with Gasteiger partial charge >= 0.3 is 11.9 Å². The number of hydrogen-bond donors (Lipinski definition) is 5. The van der Waals surface area contributed by atoms with Crippen LogP contribution in [0.4, 0.5) is 0 Å². The minimum atomic E-state index is -0.775. The molecule has 1 aliphatic carbocycles. The molecule has 0 saturated carbocycles. The molecule has 0 saturated heterocycles. The van der Waals surface area contributed by atoms with E-state index >= 15 is 0 Å². The first kappa shape index (κ1) is 59.9. The lowest BCUT2D eigenvalue weighted by atomic mass is 9.87. The SMILES string of the molecule is C#CCCCCCCCCCCCC(O)CC(O)COC(C)=O.C=CCCCCCCCCCCCC(O)CC(O)COC(C)=O.CC(C)=CCC1=C(O)c2ccccc2C(=O)C1=O. The van der Waals surface area contributed by atoms with E-state index in [0.717, 1.165) is 50.5 Å². The molecule has 11 nitrogen and oxygen atoms in total. The molecule has 5 N–H and O–H groups in total. The summed E-state index contributed by atoms with van der Waals surface area (Å²) in [5, 5.41) is 48.9. The summed E-state index contributed by atoms with van der Waals surface area (Å²) in [6.07, 6.45) is 32.7. The zero-order valence-electron chi connectivity index (χ0n) is 39.8. The van der Waals surface area contributed by atoms with Crippen molar-refractivity contribution < 1.29 is 54.2 Å². The van der Waals surface area contributed by atoms with Crippen LogP contribution in [0, 0.1) is 12.3 Å². The van der Waals surface area contributed by atoms with Crippen molar-refractivity contribution >= 4 is 29.3 Å². The number of aliphatic hydroxyl groups excluding tert-OH is 5. The Bertz CT molecular complexity index is 1550. The molecule has 1 aliphatic rings. The lowest BCUT2D eigenvalue weighted by Gasteiger charge is -2.16. The monoisotopic (exact) mass is 897 g/mol. The van der Waals surface area contributed by atoms with Crippen molar-refractivity contribution in [1.82, 2.24) is 0 Å². The Morgan fingerprint density at radius 3 is 1.44 bits per heavy atom. The third kappa shape index (κ3) is 32.6. The van der Waals surface area contributed by atoms with Crippen LogP contribution >= 0.6 is 0 Å². The van der Waals surface area contributed by atoms with Crippen LogP contribution in [0.3, 0.4) is 0 Å². The first-order chi connectivity index (χ1) is 30.6. The molecule has 11 heteroatoms. The molecule has 4 atom stereocenters. The van der Waals surface area contributed by atoms with Gasteiger partial charge in [-0.15, -0.1) is 18.9 Å². The van der Waals surface area contributed by atoms with Gasteiger partial charge in [0, 0.05) is 49.8 Å². The summed E-state index contributed by atoms with van der Waals surface area (Å²) in [6, 6.07) is 6.62. The summed E-state index contributed by atoms with van der Waals surface area (Å²) in [6.45, 7) is 10.1. The number of fused-ring (bicyclic) bond motifs is 1. The van der Waals surface area contributed by atoms with E-state index in [-0.39, 0.29) is 49.4 Å². The molecule has 0 spiro atoms. The number of rotatable bonds is 33. The Balaban J connectivity index is 0.000000936. The second-order valence-electron chi connectivity index (χ2n) is 17.2. The van der Waals surface area contributed by atoms with E-state index in [0.29, 0.717) is 18.4 Å². The Morgan fingerprint density at radius 1 is 0.625 bits per heavy atom. The quantitative estimate of drug-likeness (QED) is 0.0148. The maximum atomic E-state index is 11.9. The Morgan fingerprint density at radius 2 is 1.03 bits per heavy atom. The molecule has 64 heavy (non-hydrogen) atoms. The van der Waals surface area contributed by atoms with Gasteiger partial charge < -0.3 is 35.0 Å². The normalized spacial score (nSPS) is 13.7. The molecule has 0 aliphatic heterocycles. The number of aliphatic hydroxyl groups is 5. The predicted molar refractivity (Wildman–Crippen MR) is 257 cm³/mol. The molecule has 2 rings (SSSR count). The summed E-state index contributed by atoms with van der Waals surface area (Å²) in [5.41, 5.74) is 1.94. The molecule has 0 heterocycles. The zero-order valence-corrected chi connectivity index (χ0v) is 39.8. The highest BCUT2D eigenvalue weighted by Crippen LogP contribution is 2.29. The number of unbranched alkanes of at least 4 members (excludes halogenated alkanes) is 18. The number of carbonyl (C=O) groups excluding carboxylic acids is 4. The predicted octanol–water partition coefficient (Wildman–Crippen LogP) is 10.8. The minimum absolute atomic E-state index is 0.0286. The van der Waals surface area contributed by atoms with Crippen molar-refractivity contribution in [3.05, 3.63) is 65.3 Å². The number of carbonyl (C=O) groups is 4. The smallest absolute Gasteiger partial charge is 0.302 e. The maximum Gasteiger partial charge on any atom is 0.302 e. The fourth-order valence-corrected chi connectivity index (χ4v) is 7.09. The highest BCUT2D eigenvalue weighted by molar-refractivity contribution is 6.52. The second kappa shape index (κ2) is 39.3. The van der Waals surface area contributed by atoms with Crippen molar-refractivity contribution in [2.75, 3.05) is 13.2 Å². The van der Waals surface area contributed by atoms with E-state index in [4.69, 9.17) is 15.9 Å². The topological polar surface area (TPSA) is 188 Å². The van der Waals surface area contributed by atoms with Crippen molar-refractivity contribution in [2.45, 2.75) is 213 Å². The first-order valence-electron chi connectivity index (χ1n) is 23.9. The molecule has 1 aromatic rings. The molecule has 1 aromatic carbocycles. The largest absolute Gasteiger partial charge is 0.507 e. The van der Waals surface area contributed by atoms with Gasteiger partial charge in [0.1, 0.15) is 19.0 Å². The number of benzene rings is 1. The number of Topliss-reactive ketones (excluding diaryl/α,β-unsaturated/α-hetero) is 2. The van der Waals surface area contributed by atoms with Gasteiger partial charge in [0.2, 0.25) is 11.6 Å². The summed E-state index contributed by atoms with van der Waals surface area (Å²) in [4.78, 5) is 45.0. The van der Waals surface area contributed by atoms with Crippen LogP contribution in [-0.2, 0) is 23.9 Å². The van der Waals surface area contributed by atoms with E-state index in [2.05, 4.69) is 12.5 Å². The minimum Gasteiger partial charge on any atom is -0.507 e. The first-order valence-corrected chi connectivity index (χ1v) is 23.9. The van der Waals surface area contributed by atoms with Gasteiger partial charge in [0.05, 0.1) is 24.4 Å². The van der Waals surface area contributed by atoms with Gasteiger partial charge in [-0.1, -0.05) is 145 Å². The molecule has 0 bridgehead atoms. The lowest BCUT2D eigenvalue weighted by Crippen LogP contribution is -2.23. The Hall–Kier alpha value is -4.08. The number of ketones is 2. The highest BCUT2D eigenvalue weighted by Gasteiger charge is 2.31. The standard InChI is InChI=1S/C19H36O4.C19H34O4.C15H14O3/c2*1-3-4-5-6-7-8-9-10-11-12-13-14-18(21)15-19(22)16-23-17(2)20;1-9(2)7-8-12-13(16)10-5-3-4-6-11(10)14(17)15(12)18/h3,18-19,21-22H,1,4-16H2,2H3;1,18-19,21-22H,4-16H2,2H3;3-7,16H,8H2,1-2H3. The van der Waals surface area contributed by atoms with Crippen LogP contribution in [0.2, 0.25) is 0 Å². The van der Waals surface area contributed by atoms with E-state index < -0.39 is 47.9 Å². The zero-order chi connectivity index (χ0) is 48.0. The third-order valence-corrected chi connectivity index (χ3v) is 10.8. The number of esters is 2. The van der Waals surface area contributed by atoms with Gasteiger partial charge in [0.25, 0.3) is 0 Å². The Kier molecular flexibility index (Phi) is 36.8. The maximum absolute atomic E-state index is 11.9. The summed E-state index contributed by atoms with van der Waals surface area (Å²) < 4.78 is 9.42. The van der Waals surface area contributed by atoms with E-state index in [1.165, 1.54) is 97.3 Å². The van der Waals surface area contributed by atoms with Crippen molar-refractivity contribution in [2.24, 2.45) is 0 Å². The van der Waals surface area contributed by atoms with Gasteiger partial charge in [-0.3, -0.25) is 19.2 Å². The lowest BCUT2D eigenvalue weighted by molar-refractivity contribution is -0.145. The second-order valence-corrected chi connectivity index (χ2v) is 17.2. The summed E-state index contributed by atoms with van der Waals surface area (Å²) in [7, 11) is 0. The van der Waals surface area contributed by atoms with Crippen LogP contribution < -0.4 is 0 Å². The van der Waals surface area contributed by atoms with Gasteiger partial charge in [-0.2, -0.15) is 0 Å². The molecule has 0 aromatic heterocycles. The molecule has 0 amide bonds. The van der Waals surface area contributed by atoms with E-state index in [1.54, 1.807) is 24.3 Å². The number of ether oxygens (including phenoxy) is 2. The van der Waals surface area contributed by atoms with Gasteiger partial charge in [0.15, 0.2) is 0 Å². The molecular formula is C53H84O11. The van der Waals surface area contributed by atoms with Crippen LogP contribution in [0.1, 0.15) is 204 Å². The number of allylic oxidation sites excluding steroid dienone is 4. The highest BCUT2D eigenvalue weighted by atomic mass is 16.5. The fourth-order valence-electron chi connectivity index (χ4n) is 7.09. The van der Waals surface area contributed by atoms with Crippen LogP contribution in [0.15, 0.2) is 54.1 Å². The van der Waals surface area contributed by atoms with Gasteiger partial charge in [-0.05, 0) is 52.4 Å². The van der Waals surface area contributed by atoms with Crippen molar-refractivity contribution in [1.29, 1.82) is 0 Å². The van der Waals surface area contributed by atoms with Gasteiger partial charge in [-0.25, -0.2) is 0 Å². The van der Waals surface area contributed by atoms with E-state index in [9.17, 15) is 44.7 Å². The summed E-state index contributed by atoms with van der Waals surface area (Å²) in [5.74, 6) is 0.631. The Labute approximate surface area is 385 Å². The van der Waals surface area contributed by atoms with Crippen LogP contribution in [0.5, 0.6) is 0 Å². The number of terminal acetylenes is 1. The fraction of sp³-hybridized carbons (Fsp3) is 0.660. The number of hydrogen-bond acceptors (Lipinski definition) is 11. The summed E-state index contributed by atoms with van der Waals surface area (Å²) >= 11 is 0. The van der Waals surface area contributed by atoms with Crippen molar-refractivity contribution in [3.8, 4) is 12.3 Å². The molecule has 0 fully saturated rings. The molecule has 362 valence electrons. The molecule has 0 radical (unpaired) electrons. The molecule has 4 unspecified atom stereocenters. The van der Waals surface area contributed by atoms with Crippen LogP contribution in [0.25, 0.3) is 5.76 Å². The van der Waals surface area contributed by atoms with Crippen molar-refractivity contribution in [3.63, 3.8) is 0 Å². The van der Waals surface area contributed by atoms with Crippen LogP contribution in [-0.4, -0.2) is 86.7 Å².